The molecule has 0 aromatic rings. The fourth-order valence-corrected chi connectivity index (χ4v) is 1.72. The minimum atomic E-state index is -4.96. The van der Waals surface area contributed by atoms with Crippen LogP contribution in [0.25, 0.3) is 0 Å². The van der Waals surface area contributed by atoms with E-state index in [0.717, 1.165) is 0 Å². The summed E-state index contributed by atoms with van der Waals surface area (Å²) in [6, 6.07) is -1.95. The van der Waals surface area contributed by atoms with Gasteiger partial charge in [0.1, 0.15) is 6.04 Å². The first kappa shape index (κ1) is 20.3. The Morgan fingerprint density at radius 2 is 1.64 bits per heavy atom. The number of nitrogens with one attached hydrogen (secondary N) is 2. The van der Waals surface area contributed by atoms with Crippen LogP contribution in [0.15, 0.2) is 0 Å². The SMILES string of the molecule is N=C(N)NCCCC(C(=O)O)N(CC(F)(F)F)CC(F)(F)F. The fraction of sp³-hybridized carbons (Fsp3) is 0.800. The van der Waals surface area contributed by atoms with Crippen molar-refractivity contribution in [1.29, 1.82) is 5.41 Å². The summed E-state index contributed by atoms with van der Waals surface area (Å²) in [5, 5.41) is 18.0. The molecule has 0 aromatic heterocycles. The van der Waals surface area contributed by atoms with E-state index in [1.807, 2.05) is 0 Å². The van der Waals surface area contributed by atoms with E-state index in [1.165, 1.54) is 0 Å². The van der Waals surface area contributed by atoms with E-state index in [0.29, 0.717) is 0 Å². The number of alkyl halides is 6. The van der Waals surface area contributed by atoms with Gasteiger partial charge in [0.15, 0.2) is 5.96 Å². The molecule has 0 amide bonds. The third-order valence-corrected chi connectivity index (χ3v) is 2.46. The van der Waals surface area contributed by atoms with E-state index < -0.39 is 49.8 Å². The Bertz CT molecular complexity index is 369. The number of carboxylic acid groups (broad SMARTS) is 1. The van der Waals surface area contributed by atoms with Crippen molar-refractivity contribution in [3.63, 3.8) is 0 Å². The van der Waals surface area contributed by atoms with E-state index in [-0.39, 0.29) is 17.9 Å². The van der Waals surface area contributed by atoms with E-state index in [9.17, 15) is 31.1 Å². The minimum absolute atomic E-state index is 0.0367. The zero-order chi connectivity index (χ0) is 17.6. The van der Waals surface area contributed by atoms with Gasteiger partial charge in [0.25, 0.3) is 0 Å². The smallest absolute Gasteiger partial charge is 0.401 e. The first-order valence-electron chi connectivity index (χ1n) is 6.00. The Hall–Kier alpha value is -1.72. The van der Waals surface area contributed by atoms with Crippen LogP contribution in [0.5, 0.6) is 0 Å². The predicted octanol–water partition coefficient (Wildman–Crippen LogP) is 1.13. The van der Waals surface area contributed by atoms with Crippen molar-refractivity contribution in [1.82, 2.24) is 10.2 Å². The summed E-state index contributed by atoms with van der Waals surface area (Å²) in [7, 11) is 0. The third-order valence-electron chi connectivity index (χ3n) is 2.46. The quantitative estimate of drug-likeness (QED) is 0.230. The average Bonchev–Trinajstić information content (AvgIpc) is 2.22. The molecule has 1 unspecified atom stereocenters. The lowest BCUT2D eigenvalue weighted by atomic mass is 10.1. The monoisotopic (exact) mass is 338 g/mol. The topological polar surface area (TPSA) is 102 Å². The molecule has 0 bridgehead atoms. The van der Waals surface area contributed by atoms with Gasteiger partial charge in [-0.25, -0.2) is 0 Å². The second-order valence-corrected chi connectivity index (χ2v) is 4.47. The Balaban J connectivity index is 4.90. The van der Waals surface area contributed by atoms with Gasteiger partial charge < -0.3 is 16.2 Å². The molecular formula is C10H16F6N4O2. The predicted molar refractivity (Wildman–Crippen MR) is 64.3 cm³/mol. The number of carboxylic acids is 1. The van der Waals surface area contributed by atoms with Crippen molar-refractivity contribution < 1.29 is 36.2 Å². The van der Waals surface area contributed by atoms with Crippen molar-refractivity contribution in [2.45, 2.75) is 31.2 Å². The number of aliphatic carboxylic acids is 1. The van der Waals surface area contributed by atoms with E-state index >= 15 is 0 Å². The maximum atomic E-state index is 12.3. The van der Waals surface area contributed by atoms with Gasteiger partial charge in [-0.1, -0.05) is 0 Å². The molecule has 5 N–H and O–H groups in total. The third kappa shape index (κ3) is 10.1. The zero-order valence-corrected chi connectivity index (χ0v) is 11.3. The van der Waals surface area contributed by atoms with Crippen molar-refractivity contribution in [2.24, 2.45) is 5.73 Å². The highest BCUT2D eigenvalue weighted by atomic mass is 19.4. The molecule has 12 heteroatoms. The number of carbonyl (C=O) groups is 1. The highest BCUT2D eigenvalue weighted by molar-refractivity contribution is 5.74. The second-order valence-electron chi connectivity index (χ2n) is 4.47. The molecule has 0 saturated carbocycles. The van der Waals surface area contributed by atoms with Crippen molar-refractivity contribution in [3.05, 3.63) is 0 Å². The Kier molecular flexibility index (Phi) is 7.43. The van der Waals surface area contributed by atoms with Crippen molar-refractivity contribution in [2.75, 3.05) is 19.6 Å². The van der Waals surface area contributed by atoms with Crippen LogP contribution in [0.2, 0.25) is 0 Å². The molecule has 0 aliphatic carbocycles. The summed E-state index contributed by atoms with van der Waals surface area (Å²) in [6.45, 7) is -4.00. The molecule has 22 heavy (non-hydrogen) atoms. The summed E-state index contributed by atoms with van der Waals surface area (Å²) in [4.78, 5) is 10.8. The van der Waals surface area contributed by atoms with Crippen LogP contribution in [-0.4, -0.2) is 60.0 Å². The molecular weight excluding hydrogens is 322 g/mol. The van der Waals surface area contributed by atoms with Crippen molar-refractivity contribution >= 4 is 11.9 Å². The van der Waals surface area contributed by atoms with Gasteiger partial charge in [-0.2, -0.15) is 26.3 Å². The summed E-state index contributed by atoms with van der Waals surface area (Å²) < 4.78 is 74.0. The highest BCUT2D eigenvalue weighted by Gasteiger charge is 2.42. The molecule has 0 aliphatic heterocycles. The number of rotatable bonds is 8. The number of hydrogen-bond donors (Lipinski definition) is 4. The molecule has 6 nitrogen and oxygen atoms in total. The van der Waals surface area contributed by atoms with E-state index in [2.05, 4.69) is 5.32 Å². The number of guanidine groups is 1. The Morgan fingerprint density at radius 3 is 1.95 bits per heavy atom. The maximum absolute atomic E-state index is 12.3. The molecule has 0 fully saturated rings. The summed E-state index contributed by atoms with van der Waals surface area (Å²) in [6.07, 6.45) is -10.4. The number of hydrogen-bond acceptors (Lipinski definition) is 3. The highest BCUT2D eigenvalue weighted by Crippen LogP contribution is 2.24. The van der Waals surface area contributed by atoms with Crippen LogP contribution in [0.4, 0.5) is 26.3 Å². The van der Waals surface area contributed by atoms with Gasteiger partial charge in [-0.3, -0.25) is 15.1 Å². The molecule has 1 atom stereocenters. The van der Waals surface area contributed by atoms with Crippen LogP contribution in [0.1, 0.15) is 12.8 Å². The molecule has 0 aliphatic rings. The Labute approximate surface area is 121 Å². The fourth-order valence-electron chi connectivity index (χ4n) is 1.72. The van der Waals surface area contributed by atoms with Crippen LogP contribution < -0.4 is 11.1 Å². The lowest BCUT2D eigenvalue weighted by Gasteiger charge is -2.30. The largest absolute Gasteiger partial charge is 0.480 e. The van der Waals surface area contributed by atoms with Gasteiger partial charge in [-0.05, 0) is 12.8 Å². The Morgan fingerprint density at radius 1 is 1.18 bits per heavy atom. The molecule has 0 saturated heterocycles. The molecule has 0 aromatic carbocycles. The van der Waals surface area contributed by atoms with E-state index in [4.69, 9.17) is 16.2 Å². The van der Waals surface area contributed by atoms with Gasteiger partial charge in [0.2, 0.25) is 0 Å². The molecule has 0 rings (SSSR count). The van der Waals surface area contributed by atoms with Gasteiger partial charge in [-0.15, -0.1) is 0 Å². The summed E-state index contributed by atoms with van der Waals surface area (Å²) in [5.41, 5.74) is 4.94. The van der Waals surface area contributed by atoms with Gasteiger partial charge in [0, 0.05) is 6.54 Å². The summed E-state index contributed by atoms with van der Waals surface area (Å²) in [5.74, 6) is -2.22. The maximum Gasteiger partial charge on any atom is 0.401 e. The number of nitrogens with zero attached hydrogens (tertiary/aromatic N) is 1. The first-order valence-corrected chi connectivity index (χ1v) is 6.00. The first-order chi connectivity index (χ1) is 9.82. The zero-order valence-electron chi connectivity index (χ0n) is 11.3. The van der Waals surface area contributed by atoms with Gasteiger partial charge >= 0.3 is 18.3 Å². The van der Waals surface area contributed by atoms with Crippen LogP contribution in [0.3, 0.4) is 0 Å². The minimum Gasteiger partial charge on any atom is -0.480 e. The number of nitrogens with two attached hydrogens (primary N) is 1. The lowest BCUT2D eigenvalue weighted by molar-refractivity contribution is -0.191. The molecule has 0 spiro atoms. The van der Waals surface area contributed by atoms with Gasteiger partial charge in [0.05, 0.1) is 13.1 Å². The van der Waals surface area contributed by atoms with Crippen LogP contribution in [-0.2, 0) is 4.79 Å². The van der Waals surface area contributed by atoms with Crippen LogP contribution in [0, 0.1) is 5.41 Å². The number of halogens is 6. The van der Waals surface area contributed by atoms with Crippen molar-refractivity contribution in [3.8, 4) is 0 Å². The summed E-state index contributed by atoms with van der Waals surface area (Å²) >= 11 is 0. The standard InChI is InChI=1S/C10H16F6N4O2/c11-9(12,13)4-20(5-10(14,15)16)6(7(21)22)2-1-3-19-8(17)18/h6H,1-5H2,(H,21,22)(H4,17,18,19). The lowest BCUT2D eigenvalue weighted by Crippen LogP contribution is -2.50. The molecule has 0 radical (unpaired) electrons. The second kappa shape index (κ2) is 8.06. The average molecular weight is 338 g/mol. The molecule has 0 heterocycles. The van der Waals surface area contributed by atoms with E-state index in [1.54, 1.807) is 0 Å². The van der Waals surface area contributed by atoms with Crippen LogP contribution >= 0.6 is 0 Å². The molecule has 130 valence electrons. The normalized spacial score (nSPS) is 14.0.